The van der Waals surface area contributed by atoms with Crippen LogP contribution in [0.2, 0.25) is 0 Å². The van der Waals surface area contributed by atoms with Crippen LogP contribution in [0, 0.1) is 13.8 Å². The van der Waals surface area contributed by atoms with Gasteiger partial charge in [0.25, 0.3) is 6.20 Å². The predicted molar refractivity (Wildman–Crippen MR) is 144 cm³/mol. The number of nitrogens with zero attached hydrogens (tertiary/aromatic N) is 5. The number of rotatable bonds is 2. The summed E-state index contributed by atoms with van der Waals surface area (Å²) in [5, 5.41) is 4.88. The van der Waals surface area contributed by atoms with Crippen molar-refractivity contribution in [1.82, 2.24) is 9.90 Å². The number of aryl methyl sites for hydroxylation is 2. The van der Waals surface area contributed by atoms with E-state index in [2.05, 4.69) is 118 Å². The molecule has 0 bridgehead atoms. The molecule has 1 atom stereocenters. The fraction of sp³-hybridized carbons (Fsp3) is 0.0909. The van der Waals surface area contributed by atoms with Crippen molar-refractivity contribution < 1.29 is 18.6 Å². The average Bonchev–Trinajstić information content (AvgIpc) is 3.64. The maximum atomic E-state index is 6.61. The van der Waals surface area contributed by atoms with Gasteiger partial charge in [-0.05, 0) is 76.2 Å². The summed E-state index contributed by atoms with van der Waals surface area (Å²) in [6, 6.07) is 32.2. The van der Waals surface area contributed by atoms with E-state index in [0.29, 0.717) is 0 Å². The number of hydrogen-bond donors (Lipinski definition) is 0. The number of hydrogen-bond acceptors (Lipinski definition) is 2. The lowest BCUT2D eigenvalue weighted by Gasteiger charge is -2.22. The molecule has 0 saturated heterocycles. The highest BCUT2D eigenvalue weighted by molar-refractivity contribution is 5.90. The van der Waals surface area contributed by atoms with Gasteiger partial charge in [0.05, 0.1) is 5.56 Å². The van der Waals surface area contributed by atoms with Crippen LogP contribution in [-0.2, 0) is 5.79 Å². The van der Waals surface area contributed by atoms with E-state index in [1.54, 1.807) is 0 Å². The van der Waals surface area contributed by atoms with E-state index in [1.807, 2.05) is 24.5 Å². The van der Waals surface area contributed by atoms with Gasteiger partial charge >= 0.3 is 17.5 Å². The second kappa shape index (κ2) is 7.05. The van der Waals surface area contributed by atoms with Crippen molar-refractivity contribution >= 4 is 0 Å². The van der Waals surface area contributed by atoms with E-state index in [-0.39, 0.29) is 0 Å². The fourth-order valence-corrected chi connectivity index (χ4v) is 7.05. The van der Waals surface area contributed by atoms with E-state index >= 15 is 0 Å². The molecule has 0 fully saturated rings. The van der Waals surface area contributed by atoms with Crippen LogP contribution in [0.4, 0.5) is 0 Å². The van der Waals surface area contributed by atoms with Crippen molar-refractivity contribution in [3.05, 3.63) is 126 Å². The maximum Gasteiger partial charge on any atom is 0.530 e. The molecule has 6 heteroatoms. The lowest BCUT2D eigenvalue weighted by molar-refractivity contribution is -0.974. The smallest absolute Gasteiger partial charge is 0.416 e. The molecule has 3 aromatic heterocycles. The van der Waals surface area contributed by atoms with Gasteiger partial charge < -0.3 is 4.74 Å². The van der Waals surface area contributed by atoms with E-state index in [9.17, 15) is 0 Å². The molecule has 3 aromatic carbocycles. The maximum absolute atomic E-state index is 6.61. The monoisotopic (exact) mass is 506 g/mol. The minimum absolute atomic E-state index is 0.739. The molecule has 0 radical (unpaired) electrons. The molecule has 0 N–H and O–H groups in total. The molecular formula is C33H24N5O+3. The van der Waals surface area contributed by atoms with Crippen LogP contribution >= 0.6 is 0 Å². The van der Waals surface area contributed by atoms with Crippen LogP contribution < -0.4 is 18.6 Å². The molecular weight excluding hydrogens is 482 g/mol. The molecule has 0 amide bonds. The molecule has 0 saturated carbocycles. The first-order chi connectivity index (χ1) is 19.2. The Kier molecular flexibility index (Phi) is 3.78. The Morgan fingerprint density at radius 3 is 2.44 bits per heavy atom. The lowest BCUT2D eigenvalue weighted by Crippen LogP contribution is -2.75. The Labute approximate surface area is 225 Å². The van der Waals surface area contributed by atoms with Gasteiger partial charge in [0.1, 0.15) is 9.90 Å². The summed E-state index contributed by atoms with van der Waals surface area (Å²) < 4.78 is 13.3. The van der Waals surface area contributed by atoms with E-state index < -0.39 is 5.79 Å². The van der Waals surface area contributed by atoms with Crippen LogP contribution in [0.1, 0.15) is 16.7 Å². The molecule has 1 unspecified atom stereocenters. The van der Waals surface area contributed by atoms with Gasteiger partial charge in [-0.1, -0.05) is 47.0 Å². The third kappa shape index (κ3) is 2.38. The zero-order valence-electron chi connectivity index (χ0n) is 21.5. The first-order valence-corrected chi connectivity index (χ1v) is 13.2. The van der Waals surface area contributed by atoms with Crippen LogP contribution in [-0.4, -0.2) is 9.90 Å². The van der Waals surface area contributed by atoms with Crippen LogP contribution in [0.25, 0.3) is 39.3 Å². The number of aromatic nitrogens is 5. The zero-order valence-corrected chi connectivity index (χ0v) is 21.5. The lowest BCUT2D eigenvalue weighted by atomic mass is 9.86. The molecule has 39 heavy (non-hydrogen) atoms. The summed E-state index contributed by atoms with van der Waals surface area (Å²) in [6.07, 6.45) is 6.04. The number of ether oxygens (including phenoxy) is 1. The fourth-order valence-electron chi connectivity index (χ4n) is 7.05. The van der Waals surface area contributed by atoms with E-state index in [0.717, 1.165) is 28.7 Å². The Bertz CT molecular complexity index is 2000. The van der Waals surface area contributed by atoms with Crippen LogP contribution in [0.5, 0.6) is 11.6 Å². The Morgan fingerprint density at radius 2 is 1.59 bits per heavy atom. The topological polar surface area (TPSA) is 38.7 Å². The highest BCUT2D eigenvalue weighted by Crippen LogP contribution is 2.52. The molecule has 9 rings (SSSR count). The van der Waals surface area contributed by atoms with Gasteiger partial charge in [-0.25, -0.2) is 0 Å². The Morgan fingerprint density at radius 1 is 0.769 bits per heavy atom. The third-order valence-electron chi connectivity index (χ3n) is 8.43. The highest BCUT2D eigenvalue weighted by atomic mass is 16.5. The summed E-state index contributed by atoms with van der Waals surface area (Å²) in [4.78, 5) is 2.08. The molecule has 1 spiro atoms. The quantitative estimate of drug-likeness (QED) is 0.315. The minimum atomic E-state index is -0.739. The first-order valence-electron chi connectivity index (χ1n) is 13.2. The van der Waals surface area contributed by atoms with Gasteiger partial charge in [-0.3, -0.25) is 0 Å². The highest BCUT2D eigenvalue weighted by Gasteiger charge is 2.76. The van der Waals surface area contributed by atoms with Crippen LogP contribution in [0.15, 0.2) is 110 Å². The van der Waals surface area contributed by atoms with Gasteiger partial charge in [-0.15, -0.1) is 4.57 Å². The summed E-state index contributed by atoms with van der Waals surface area (Å²) in [5.41, 5.74) is 10.9. The molecule has 6 nitrogen and oxygen atoms in total. The standard InChI is InChI=1S/C33H24N5O/c1-21-19-24(23-9-4-3-5-10-23)20-22(2)30(21)25-14-15-27-32-31(25)26-11-6-7-17-35(26)33(32)37-28(12-8-13-29(37)39-27)36-18-16-34-38(33)36/h3-20H,1-2H3/q+3. The average molecular weight is 507 g/mol. The number of fused-ring (bicyclic) bond motifs is 4. The largest absolute Gasteiger partial charge is 0.530 e. The van der Waals surface area contributed by atoms with Crippen molar-refractivity contribution in [3.8, 4) is 51.0 Å². The minimum Gasteiger partial charge on any atom is -0.416 e. The molecule has 6 aromatic rings. The van der Waals surface area contributed by atoms with Gasteiger partial charge in [0.15, 0.2) is 17.5 Å². The summed E-state index contributed by atoms with van der Waals surface area (Å²) in [5.74, 6) is 1.92. The zero-order chi connectivity index (χ0) is 25.9. The third-order valence-corrected chi connectivity index (χ3v) is 8.43. The molecule has 6 heterocycles. The number of pyridine rings is 2. The molecule has 184 valence electrons. The number of benzene rings is 3. The van der Waals surface area contributed by atoms with Crippen molar-refractivity contribution in [2.24, 2.45) is 0 Å². The summed E-state index contributed by atoms with van der Waals surface area (Å²) >= 11 is 0. The SMILES string of the molecule is Cc1cc(-c2ccccc2)cc(C)c1-c1ccc2c3c1-c1cccc[n+]1C31n3ncc[n+]3-c3cccc([n+]31)O2. The van der Waals surface area contributed by atoms with Crippen molar-refractivity contribution in [3.63, 3.8) is 0 Å². The second-order valence-electron chi connectivity index (χ2n) is 10.5. The summed E-state index contributed by atoms with van der Waals surface area (Å²) in [7, 11) is 0. The normalized spacial score (nSPS) is 16.8. The summed E-state index contributed by atoms with van der Waals surface area (Å²) in [6.45, 7) is 4.45. The Balaban J connectivity index is 1.39. The molecule has 3 aliphatic rings. The first kappa shape index (κ1) is 20.9. The van der Waals surface area contributed by atoms with Crippen molar-refractivity contribution in [2.45, 2.75) is 19.6 Å². The van der Waals surface area contributed by atoms with Crippen LogP contribution in [0.3, 0.4) is 0 Å². The molecule has 0 aliphatic carbocycles. The molecule has 3 aliphatic heterocycles. The second-order valence-corrected chi connectivity index (χ2v) is 10.5. The van der Waals surface area contributed by atoms with Gasteiger partial charge in [0.2, 0.25) is 11.9 Å². The Hall–Kier alpha value is -5.10. The predicted octanol–water partition coefficient (Wildman–Crippen LogP) is 4.84. The van der Waals surface area contributed by atoms with E-state index in [4.69, 9.17) is 9.84 Å². The van der Waals surface area contributed by atoms with Crippen molar-refractivity contribution in [1.29, 1.82) is 0 Å². The van der Waals surface area contributed by atoms with Crippen molar-refractivity contribution in [2.75, 3.05) is 0 Å². The van der Waals surface area contributed by atoms with Gasteiger partial charge in [0, 0.05) is 24.3 Å². The van der Waals surface area contributed by atoms with Gasteiger partial charge in [-0.2, -0.15) is 0 Å². The van der Waals surface area contributed by atoms with E-state index in [1.165, 1.54) is 38.9 Å².